The van der Waals surface area contributed by atoms with Crippen LogP contribution in [0.4, 0.5) is 0 Å². The minimum absolute atomic E-state index is 0.0326. The third-order valence-corrected chi connectivity index (χ3v) is 2.83. The van der Waals surface area contributed by atoms with Gasteiger partial charge in [0.1, 0.15) is 11.9 Å². The molecule has 5 nitrogen and oxygen atoms in total. The summed E-state index contributed by atoms with van der Waals surface area (Å²) in [5.74, 6) is 1.83. The van der Waals surface area contributed by atoms with Crippen LogP contribution < -0.4 is 0 Å². The summed E-state index contributed by atoms with van der Waals surface area (Å²) in [4.78, 5) is 15.2. The van der Waals surface area contributed by atoms with E-state index in [2.05, 4.69) is 10.1 Å². The summed E-state index contributed by atoms with van der Waals surface area (Å²) in [6.07, 6.45) is 3.27. The fourth-order valence-electron chi connectivity index (χ4n) is 1.77. The highest BCUT2D eigenvalue weighted by atomic mass is 16.5. The SMILES string of the molecule is CCOC(c1noc(CCC(C)=O)n1)C1CC1. The molecule has 1 fully saturated rings. The number of aryl methyl sites for hydroxylation is 1. The van der Waals surface area contributed by atoms with E-state index in [0.29, 0.717) is 37.1 Å². The number of aromatic nitrogens is 2. The van der Waals surface area contributed by atoms with Crippen molar-refractivity contribution in [3.8, 4) is 0 Å². The molecule has 1 aromatic heterocycles. The average molecular weight is 238 g/mol. The summed E-state index contributed by atoms with van der Waals surface area (Å²) in [6.45, 7) is 4.18. The van der Waals surface area contributed by atoms with E-state index in [1.54, 1.807) is 6.92 Å². The Morgan fingerprint density at radius 3 is 2.94 bits per heavy atom. The quantitative estimate of drug-likeness (QED) is 0.727. The molecule has 0 spiro atoms. The number of nitrogens with zero attached hydrogens (tertiary/aromatic N) is 2. The number of carbonyl (C=O) groups excluding carboxylic acids is 1. The van der Waals surface area contributed by atoms with Crippen molar-refractivity contribution in [2.45, 2.75) is 45.6 Å². The molecule has 1 unspecified atom stereocenters. The largest absolute Gasteiger partial charge is 0.370 e. The number of carbonyl (C=O) groups is 1. The lowest BCUT2D eigenvalue weighted by Crippen LogP contribution is -2.08. The summed E-state index contributed by atoms with van der Waals surface area (Å²) in [5, 5.41) is 3.95. The Kier molecular flexibility index (Phi) is 3.89. The number of hydrogen-bond donors (Lipinski definition) is 0. The zero-order valence-corrected chi connectivity index (χ0v) is 10.3. The number of ether oxygens (including phenoxy) is 1. The van der Waals surface area contributed by atoms with Crippen molar-refractivity contribution in [3.05, 3.63) is 11.7 Å². The zero-order valence-electron chi connectivity index (χ0n) is 10.3. The van der Waals surface area contributed by atoms with Crippen molar-refractivity contribution >= 4 is 5.78 Å². The molecule has 0 radical (unpaired) electrons. The molecule has 0 saturated heterocycles. The second kappa shape index (κ2) is 5.40. The summed E-state index contributed by atoms with van der Waals surface area (Å²) >= 11 is 0. The molecule has 0 aliphatic heterocycles. The standard InChI is InChI=1S/C12H18N2O3/c1-3-16-11(9-5-6-9)12-13-10(17-14-12)7-4-8(2)15/h9,11H,3-7H2,1-2H3. The minimum Gasteiger partial charge on any atom is -0.370 e. The molecular weight excluding hydrogens is 220 g/mol. The third kappa shape index (κ3) is 3.36. The molecule has 0 aromatic carbocycles. The summed E-state index contributed by atoms with van der Waals surface area (Å²) in [5.41, 5.74) is 0. The Hall–Kier alpha value is -1.23. The fourth-order valence-corrected chi connectivity index (χ4v) is 1.77. The molecule has 17 heavy (non-hydrogen) atoms. The molecule has 0 bridgehead atoms. The maximum absolute atomic E-state index is 10.9. The highest BCUT2D eigenvalue weighted by Gasteiger charge is 2.36. The molecule has 1 aromatic rings. The van der Waals surface area contributed by atoms with Crippen molar-refractivity contribution in [2.24, 2.45) is 5.92 Å². The molecule has 1 heterocycles. The third-order valence-electron chi connectivity index (χ3n) is 2.83. The first kappa shape index (κ1) is 12.2. The first-order valence-corrected chi connectivity index (χ1v) is 6.14. The molecule has 5 heteroatoms. The van der Waals surface area contributed by atoms with Crippen molar-refractivity contribution in [1.82, 2.24) is 10.1 Å². The van der Waals surface area contributed by atoms with Gasteiger partial charge in [-0.1, -0.05) is 5.16 Å². The van der Waals surface area contributed by atoms with E-state index in [-0.39, 0.29) is 11.9 Å². The lowest BCUT2D eigenvalue weighted by molar-refractivity contribution is -0.117. The predicted molar refractivity (Wildman–Crippen MR) is 60.4 cm³/mol. The number of ketones is 1. The summed E-state index contributed by atoms with van der Waals surface area (Å²) in [6, 6.07) is 0. The summed E-state index contributed by atoms with van der Waals surface area (Å²) in [7, 11) is 0. The maximum atomic E-state index is 10.9. The fraction of sp³-hybridized carbons (Fsp3) is 0.750. The Balaban J connectivity index is 1.97. The predicted octanol–water partition coefficient (Wildman–Crippen LogP) is 2.08. The summed E-state index contributed by atoms with van der Waals surface area (Å²) < 4.78 is 10.8. The second-order valence-corrected chi connectivity index (χ2v) is 4.46. The molecule has 1 aliphatic rings. The van der Waals surface area contributed by atoms with Crippen molar-refractivity contribution in [3.63, 3.8) is 0 Å². The van der Waals surface area contributed by atoms with Crippen LogP contribution in [0.15, 0.2) is 4.52 Å². The van der Waals surface area contributed by atoms with Crippen LogP contribution in [-0.2, 0) is 16.0 Å². The lowest BCUT2D eigenvalue weighted by Gasteiger charge is -2.10. The van der Waals surface area contributed by atoms with E-state index < -0.39 is 0 Å². The lowest BCUT2D eigenvalue weighted by atomic mass is 10.2. The van der Waals surface area contributed by atoms with E-state index in [0.717, 1.165) is 0 Å². The Labute approximate surface area is 101 Å². The molecule has 0 amide bonds. The second-order valence-electron chi connectivity index (χ2n) is 4.46. The van der Waals surface area contributed by atoms with Gasteiger partial charge in [0.25, 0.3) is 0 Å². The van der Waals surface area contributed by atoms with Gasteiger partial charge < -0.3 is 14.1 Å². The van der Waals surface area contributed by atoms with Gasteiger partial charge in [-0.3, -0.25) is 0 Å². The molecule has 1 saturated carbocycles. The van der Waals surface area contributed by atoms with Gasteiger partial charge in [-0.15, -0.1) is 0 Å². The first-order chi connectivity index (χ1) is 8.20. The van der Waals surface area contributed by atoms with E-state index >= 15 is 0 Å². The van der Waals surface area contributed by atoms with Crippen LogP contribution in [-0.4, -0.2) is 22.5 Å². The van der Waals surface area contributed by atoms with E-state index in [4.69, 9.17) is 9.26 Å². The Bertz CT molecular complexity index is 385. The van der Waals surface area contributed by atoms with Gasteiger partial charge in [0.2, 0.25) is 11.7 Å². The van der Waals surface area contributed by atoms with Crippen LogP contribution in [0.3, 0.4) is 0 Å². The Morgan fingerprint density at radius 2 is 2.35 bits per heavy atom. The Morgan fingerprint density at radius 1 is 1.59 bits per heavy atom. The van der Waals surface area contributed by atoms with Gasteiger partial charge in [0, 0.05) is 19.4 Å². The van der Waals surface area contributed by atoms with Crippen LogP contribution in [0.5, 0.6) is 0 Å². The maximum Gasteiger partial charge on any atom is 0.227 e. The van der Waals surface area contributed by atoms with Crippen molar-refractivity contribution in [2.75, 3.05) is 6.61 Å². The normalized spacial score (nSPS) is 17.1. The van der Waals surface area contributed by atoms with Gasteiger partial charge >= 0.3 is 0 Å². The topological polar surface area (TPSA) is 65.2 Å². The first-order valence-electron chi connectivity index (χ1n) is 6.14. The van der Waals surface area contributed by atoms with Gasteiger partial charge in [0.05, 0.1) is 0 Å². The van der Waals surface area contributed by atoms with Crippen molar-refractivity contribution in [1.29, 1.82) is 0 Å². The molecule has 1 atom stereocenters. The molecule has 2 rings (SSSR count). The van der Waals surface area contributed by atoms with Crippen LogP contribution >= 0.6 is 0 Å². The molecule has 1 aliphatic carbocycles. The number of hydrogen-bond acceptors (Lipinski definition) is 5. The molecular formula is C12H18N2O3. The highest BCUT2D eigenvalue weighted by molar-refractivity contribution is 5.75. The monoisotopic (exact) mass is 238 g/mol. The van der Waals surface area contributed by atoms with E-state index in [1.165, 1.54) is 12.8 Å². The van der Waals surface area contributed by atoms with Gasteiger partial charge in [-0.05, 0) is 32.6 Å². The average Bonchev–Trinajstić information content (AvgIpc) is 3.02. The number of Topliss-reactive ketones (excluding diaryl/α,β-unsaturated/α-hetero) is 1. The van der Waals surface area contributed by atoms with Gasteiger partial charge in [-0.25, -0.2) is 0 Å². The smallest absolute Gasteiger partial charge is 0.227 e. The van der Waals surface area contributed by atoms with Crippen molar-refractivity contribution < 1.29 is 14.1 Å². The van der Waals surface area contributed by atoms with E-state index in [1.807, 2.05) is 6.92 Å². The highest BCUT2D eigenvalue weighted by Crippen LogP contribution is 2.42. The minimum atomic E-state index is -0.0326. The van der Waals surface area contributed by atoms with Crippen LogP contribution in [0, 0.1) is 5.92 Å². The number of rotatable bonds is 7. The van der Waals surface area contributed by atoms with E-state index in [9.17, 15) is 4.79 Å². The molecule has 94 valence electrons. The van der Waals surface area contributed by atoms with Crippen LogP contribution in [0.2, 0.25) is 0 Å². The zero-order chi connectivity index (χ0) is 12.3. The van der Waals surface area contributed by atoms with Crippen LogP contribution in [0.25, 0.3) is 0 Å². The van der Waals surface area contributed by atoms with Gasteiger partial charge in [0.15, 0.2) is 0 Å². The molecule has 0 N–H and O–H groups in total. The van der Waals surface area contributed by atoms with Crippen LogP contribution in [0.1, 0.15) is 50.9 Å². The van der Waals surface area contributed by atoms with Gasteiger partial charge in [-0.2, -0.15) is 4.98 Å².